The molecular formula is C49H41IrN3O-2. The van der Waals surface area contributed by atoms with Crippen molar-refractivity contribution in [3.05, 3.63) is 162 Å². The van der Waals surface area contributed by atoms with Crippen LogP contribution in [0, 0.1) is 39.8 Å². The third-order valence-corrected chi connectivity index (χ3v) is 9.93. The molecule has 0 unspecified atom stereocenters. The largest absolute Gasteiger partial charge is 0.500 e. The third kappa shape index (κ3) is 7.10. The molecule has 9 aromatic rings. The molecule has 5 aromatic carbocycles. The molecule has 5 heteroatoms. The van der Waals surface area contributed by atoms with Crippen LogP contribution in [0.1, 0.15) is 48.7 Å². The van der Waals surface area contributed by atoms with E-state index in [9.17, 15) is 0 Å². The van der Waals surface area contributed by atoms with Crippen molar-refractivity contribution in [2.45, 2.75) is 53.9 Å². The maximum Gasteiger partial charge on any atom is 0.128 e. The zero-order chi connectivity index (χ0) is 36.9. The van der Waals surface area contributed by atoms with Crippen LogP contribution in [-0.4, -0.2) is 15.0 Å². The van der Waals surface area contributed by atoms with Gasteiger partial charge in [0.15, 0.2) is 0 Å². The standard InChI is InChI=1S/C36H29N2O.C13H12N.Ir/c1-21-17-31-24(14-16-33(38-31)36(3,4)5)18-29(21)30-19-32(37-20-22(30)2)28-12-8-11-26-27-15-13-23-9-6-7-10-25(23)34(27)39-35(26)28;1-10-3-6-12(7-4-10)13-8-5-11(2)9-14-13;/h6-11,13-20H,1-5H3;3-6,8-9H,1-2H3;/q2*-1;. The van der Waals surface area contributed by atoms with Crippen LogP contribution >= 0.6 is 0 Å². The second-order valence-corrected chi connectivity index (χ2v) is 15.1. The predicted molar refractivity (Wildman–Crippen MR) is 220 cm³/mol. The Morgan fingerprint density at radius 3 is 2.09 bits per heavy atom. The summed E-state index contributed by atoms with van der Waals surface area (Å²) in [6, 6.07) is 44.5. The van der Waals surface area contributed by atoms with Gasteiger partial charge in [0.05, 0.1) is 11.1 Å². The summed E-state index contributed by atoms with van der Waals surface area (Å²) < 4.78 is 6.57. The van der Waals surface area contributed by atoms with E-state index in [1.807, 2.05) is 43.6 Å². The second kappa shape index (κ2) is 14.7. The van der Waals surface area contributed by atoms with Crippen LogP contribution in [-0.2, 0) is 25.5 Å². The molecule has 0 spiro atoms. The van der Waals surface area contributed by atoms with E-state index < -0.39 is 0 Å². The van der Waals surface area contributed by atoms with Crippen molar-refractivity contribution >= 4 is 43.6 Å². The van der Waals surface area contributed by atoms with Crippen molar-refractivity contribution in [3.63, 3.8) is 0 Å². The fourth-order valence-corrected chi connectivity index (χ4v) is 6.88. The first-order chi connectivity index (χ1) is 25.5. The van der Waals surface area contributed by atoms with Gasteiger partial charge in [0.1, 0.15) is 5.58 Å². The second-order valence-electron chi connectivity index (χ2n) is 15.1. The van der Waals surface area contributed by atoms with Crippen molar-refractivity contribution in [1.82, 2.24) is 15.0 Å². The Morgan fingerprint density at radius 2 is 1.33 bits per heavy atom. The zero-order valence-corrected chi connectivity index (χ0v) is 34.0. The summed E-state index contributed by atoms with van der Waals surface area (Å²) in [4.78, 5) is 14.2. The minimum Gasteiger partial charge on any atom is -0.500 e. The molecule has 0 aliphatic heterocycles. The number of hydrogen-bond acceptors (Lipinski definition) is 4. The van der Waals surface area contributed by atoms with Gasteiger partial charge in [0.25, 0.3) is 0 Å². The minimum absolute atomic E-state index is 0. The first kappa shape index (κ1) is 36.9. The van der Waals surface area contributed by atoms with Gasteiger partial charge in [0.2, 0.25) is 0 Å². The summed E-state index contributed by atoms with van der Waals surface area (Å²) in [5, 5.41) is 5.61. The molecule has 0 saturated carbocycles. The molecule has 0 fully saturated rings. The normalized spacial score (nSPS) is 11.5. The van der Waals surface area contributed by atoms with E-state index in [1.165, 1.54) is 27.6 Å². The van der Waals surface area contributed by atoms with Crippen LogP contribution in [0.2, 0.25) is 0 Å². The van der Waals surface area contributed by atoms with Crippen LogP contribution in [0.5, 0.6) is 0 Å². The van der Waals surface area contributed by atoms with Crippen molar-refractivity contribution in [1.29, 1.82) is 0 Å². The molecule has 0 N–H and O–H groups in total. The number of rotatable bonds is 3. The van der Waals surface area contributed by atoms with Crippen molar-refractivity contribution < 1.29 is 24.5 Å². The van der Waals surface area contributed by atoms with Gasteiger partial charge in [-0.1, -0.05) is 99.3 Å². The summed E-state index contributed by atoms with van der Waals surface area (Å²) in [7, 11) is 0. The number of fused-ring (bicyclic) bond motifs is 6. The summed E-state index contributed by atoms with van der Waals surface area (Å²) in [5.74, 6) is 0. The summed E-state index contributed by atoms with van der Waals surface area (Å²) >= 11 is 0. The van der Waals surface area contributed by atoms with Crippen LogP contribution in [0.25, 0.3) is 77.3 Å². The molecule has 0 aliphatic rings. The Kier molecular flexibility index (Phi) is 10.1. The van der Waals surface area contributed by atoms with E-state index in [2.05, 4.69) is 144 Å². The maximum absolute atomic E-state index is 6.57. The molecule has 4 heterocycles. The number of hydrogen-bond donors (Lipinski definition) is 0. The Hall–Kier alpha value is -5.48. The average molecular weight is 880 g/mol. The molecular weight excluding hydrogens is 839 g/mol. The van der Waals surface area contributed by atoms with Crippen molar-refractivity contribution in [3.8, 4) is 33.6 Å². The molecule has 4 aromatic heterocycles. The molecule has 1 radical (unpaired) electrons. The topological polar surface area (TPSA) is 51.8 Å². The van der Waals surface area contributed by atoms with Gasteiger partial charge < -0.3 is 14.4 Å². The fourth-order valence-electron chi connectivity index (χ4n) is 6.88. The van der Waals surface area contributed by atoms with Crippen LogP contribution < -0.4 is 0 Å². The number of nitrogens with zero attached hydrogens (tertiary/aromatic N) is 3. The van der Waals surface area contributed by atoms with E-state index >= 15 is 0 Å². The van der Waals surface area contributed by atoms with Crippen LogP contribution in [0.4, 0.5) is 0 Å². The molecule has 54 heavy (non-hydrogen) atoms. The number of aryl methyl sites for hydroxylation is 4. The SMILES string of the molecule is Cc1c[c-]c(-c2ccc(C)cn2)cc1.Cc1cnc(-c2[c-]ccc3c2oc2c4ccccc4ccc32)cc1-c1cc2ccc(C(C)(C)C)nc2cc1C.[Ir]. The Labute approximate surface area is 330 Å². The Morgan fingerprint density at radius 1 is 0.593 bits per heavy atom. The average Bonchev–Trinajstić information content (AvgIpc) is 3.55. The predicted octanol–water partition coefficient (Wildman–Crippen LogP) is 12.9. The Balaban J connectivity index is 0.000000253. The third-order valence-electron chi connectivity index (χ3n) is 9.93. The van der Waals surface area contributed by atoms with Gasteiger partial charge in [-0.25, -0.2) is 0 Å². The molecule has 269 valence electrons. The van der Waals surface area contributed by atoms with E-state index in [0.717, 1.165) is 77.6 Å². The van der Waals surface area contributed by atoms with Gasteiger partial charge in [-0.2, -0.15) is 0 Å². The molecule has 0 amide bonds. The summed E-state index contributed by atoms with van der Waals surface area (Å²) in [6.07, 6.45) is 3.84. The van der Waals surface area contributed by atoms with E-state index in [0.29, 0.717) is 0 Å². The number of furan rings is 1. The fraction of sp³-hybridized carbons (Fsp3) is 0.163. The molecule has 0 atom stereocenters. The quantitative estimate of drug-likeness (QED) is 0.166. The number of aromatic nitrogens is 3. The van der Waals surface area contributed by atoms with Gasteiger partial charge in [-0.15, -0.1) is 53.6 Å². The van der Waals surface area contributed by atoms with Crippen LogP contribution in [0.3, 0.4) is 0 Å². The van der Waals surface area contributed by atoms with Gasteiger partial charge in [-0.3, -0.25) is 4.98 Å². The van der Waals surface area contributed by atoms with Gasteiger partial charge in [-0.05, 0) is 83.6 Å². The van der Waals surface area contributed by atoms with Crippen LogP contribution in [0.15, 0.2) is 126 Å². The first-order valence-corrected chi connectivity index (χ1v) is 18.1. The molecule has 0 bridgehead atoms. The first-order valence-electron chi connectivity index (χ1n) is 18.1. The zero-order valence-electron chi connectivity index (χ0n) is 31.6. The summed E-state index contributed by atoms with van der Waals surface area (Å²) in [5.41, 5.74) is 14.7. The van der Waals surface area contributed by atoms with Gasteiger partial charge >= 0.3 is 0 Å². The minimum atomic E-state index is 0. The van der Waals surface area contributed by atoms with Crippen molar-refractivity contribution in [2.24, 2.45) is 0 Å². The van der Waals surface area contributed by atoms with Crippen molar-refractivity contribution in [2.75, 3.05) is 0 Å². The summed E-state index contributed by atoms with van der Waals surface area (Å²) in [6.45, 7) is 15.0. The van der Waals surface area contributed by atoms with E-state index in [4.69, 9.17) is 14.4 Å². The number of pyridine rings is 3. The Bertz CT molecular complexity index is 2750. The molecule has 4 nitrogen and oxygen atoms in total. The maximum atomic E-state index is 6.57. The van der Waals surface area contributed by atoms with E-state index in [1.54, 1.807) is 0 Å². The smallest absolute Gasteiger partial charge is 0.128 e. The van der Waals surface area contributed by atoms with E-state index in [-0.39, 0.29) is 25.5 Å². The monoisotopic (exact) mass is 880 g/mol. The number of benzene rings is 5. The van der Waals surface area contributed by atoms with Gasteiger partial charge in [0, 0.05) is 59.8 Å². The molecule has 9 rings (SSSR count). The molecule has 0 saturated heterocycles. The molecule has 0 aliphatic carbocycles.